The Morgan fingerprint density at radius 3 is 2.64 bits per heavy atom. The van der Waals surface area contributed by atoms with Gasteiger partial charge in [-0.25, -0.2) is 0 Å². The molecular formula is C22H23BrN4O. The molecule has 28 heavy (non-hydrogen) atoms. The number of hydrogen-bond donors (Lipinski definition) is 1. The Morgan fingerprint density at radius 1 is 1.14 bits per heavy atom. The fourth-order valence-electron chi connectivity index (χ4n) is 3.70. The van der Waals surface area contributed by atoms with Gasteiger partial charge in [0.2, 0.25) is 0 Å². The normalized spacial score (nSPS) is 17.0. The average Bonchev–Trinajstić information content (AvgIpc) is 3.18. The molecule has 5 nitrogen and oxygen atoms in total. The highest BCUT2D eigenvalue weighted by molar-refractivity contribution is 9.10. The zero-order chi connectivity index (χ0) is 19.7. The molecule has 1 saturated heterocycles. The van der Waals surface area contributed by atoms with Crippen LogP contribution in [0.5, 0.6) is 0 Å². The second-order valence-electron chi connectivity index (χ2n) is 7.31. The monoisotopic (exact) mass is 438 g/mol. The lowest BCUT2D eigenvalue weighted by Gasteiger charge is -2.41. The lowest BCUT2D eigenvalue weighted by molar-refractivity contribution is 0.0720. The molecule has 0 spiro atoms. The summed E-state index contributed by atoms with van der Waals surface area (Å²) in [6.45, 7) is 6.49. The number of rotatable bonds is 3. The van der Waals surface area contributed by atoms with Gasteiger partial charge < -0.3 is 9.80 Å². The van der Waals surface area contributed by atoms with E-state index < -0.39 is 0 Å². The molecule has 0 radical (unpaired) electrons. The molecule has 0 aliphatic carbocycles. The summed E-state index contributed by atoms with van der Waals surface area (Å²) in [5, 5.41) is 7.24. The van der Waals surface area contributed by atoms with E-state index in [1.165, 1.54) is 11.3 Å². The molecular weight excluding hydrogens is 416 g/mol. The van der Waals surface area contributed by atoms with Crippen LogP contribution in [0.25, 0.3) is 11.3 Å². The van der Waals surface area contributed by atoms with E-state index in [0.29, 0.717) is 18.8 Å². The largest absolute Gasteiger partial charge is 0.365 e. The number of aromatic nitrogens is 2. The average molecular weight is 439 g/mol. The van der Waals surface area contributed by atoms with Gasteiger partial charge in [-0.15, -0.1) is 0 Å². The Balaban J connectivity index is 1.46. The van der Waals surface area contributed by atoms with E-state index in [1.54, 1.807) is 0 Å². The molecule has 4 rings (SSSR count). The van der Waals surface area contributed by atoms with Crippen LogP contribution in [0.4, 0.5) is 5.69 Å². The van der Waals surface area contributed by atoms with E-state index in [4.69, 9.17) is 0 Å². The number of carbonyl (C=O) groups excluding carboxylic acids is 1. The lowest BCUT2D eigenvalue weighted by Crippen LogP contribution is -2.53. The van der Waals surface area contributed by atoms with Gasteiger partial charge in [0.15, 0.2) is 0 Å². The van der Waals surface area contributed by atoms with Crippen LogP contribution in [0.15, 0.2) is 59.1 Å². The molecule has 2 heterocycles. The minimum Gasteiger partial charge on any atom is -0.365 e. The molecule has 3 aromatic rings. The van der Waals surface area contributed by atoms with Crippen molar-refractivity contribution >= 4 is 27.5 Å². The van der Waals surface area contributed by atoms with Gasteiger partial charge in [0.25, 0.3) is 5.91 Å². The molecule has 1 amide bonds. The zero-order valence-corrected chi connectivity index (χ0v) is 17.6. The second-order valence-corrected chi connectivity index (χ2v) is 8.22. The van der Waals surface area contributed by atoms with Gasteiger partial charge >= 0.3 is 0 Å². The molecule has 0 bridgehead atoms. The number of piperazine rings is 1. The maximum absolute atomic E-state index is 13.0. The molecule has 0 saturated carbocycles. The van der Waals surface area contributed by atoms with Gasteiger partial charge in [0.1, 0.15) is 5.69 Å². The Morgan fingerprint density at radius 2 is 1.93 bits per heavy atom. The van der Waals surface area contributed by atoms with Crippen molar-refractivity contribution in [1.82, 2.24) is 15.1 Å². The summed E-state index contributed by atoms with van der Waals surface area (Å²) in [6, 6.07) is 18.5. The van der Waals surface area contributed by atoms with E-state index in [1.807, 2.05) is 35.2 Å². The number of anilines is 1. The highest BCUT2D eigenvalue weighted by Gasteiger charge is 2.28. The lowest BCUT2D eigenvalue weighted by atomic mass is 10.1. The summed E-state index contributed by atoms with van der Waals surface area (Å²) in [5.74, 6) is 0.00611. The molecule has 1 fully saturated rings. The van der Waals surface area contributed by atoms with E-state index in [-0.39, 0.29) is 11.9 Å². The van der Waals surface area contributed by atoms with Gasteiger partial charge in [-0.3, -0.25) is 9.89 Å². The molecule has 0 unspecified atom stereocenters. The third-order valence-corrected chi connectivity index (χ3v) is 5.72. The van der Waals surface area contributed by atoms with Crippen molar-refractivity contribution in [1.29, 1.82) is 0 Å². The number of amides is 1. The molecule has 1 aliphatic heterocycles. The van der Waals surface area contributed by atoms with E-state index in [9.17, 15) is 4.79 Å². The van der Waals surface area contributed by atoms with Gasteiger partial charge in [0, 0.05) is 41.4 Å². The Bertz CT molecular complexity index is 982. The topological polar surface area (TPSA) is 52.2 Å². The minimum atomic E-state index is 0.00611. The van der Waals surface area contributed by atoms with Gasteiger partial charge in [-0.2, -0.15) is 5.10 Å². The zero-order valence-electron chi connectivity index (χ0n) is 16.0. The Hall–Kier alpha value is -2.60. The number of halogens is 1. The van der Waals surface area contributed by atoms with Crippen molar-refractivity contribution in [2.24, 2.45) is 0 Å². The molecule has 2 aromatic carbocycles. The minimum absolute atomic E-state index is 0.00611. The van der Waals surface area contributed by atoms with Gasteiger partial charge in [-0.1, -0.05) is 40.2 Å². The summed E-state index contributed by atoms with van der Waals surface area (Å²) in [7, 11) is 0. The number of aromatic amines is 1. The van der Waals surface area contributed by atoms with Crippen molar-refractivity contribution in [3.63, 3.8) is 0 Å². The number of aryl methyl sites for hydroxylation is 1. The van der Waals surface area contributed by atoms with Gasteiger partial charge in [-0.05, 0) is 49.7 Å². The highest BCUT2D eigenvalue weighted by Crippen LogP contribution is 2.24. The van der Waals surface area contributed by atoms with Crippen LogP contribution in [0.2, 0.25) is 0 Å². The van der Waals surface area contributed by atoms with Gasteiger partial charge in [0.05, 0.1) is 5.69 Å². The summed E-state index contributed by atoms with van der Waals surface area (Å²) in [6.07, 6.45) is 0. The van der Waals surface area contributed by atoms with Crippen LogP contribution in [0.3, 0.4) is 0 Å². The molecule has 144 valence electrons. The molecule has 1 atom stereocenters. The SMILES string of the molecule is Cc1cccc(N2CCN(C(=O)c3cc(-c4ccc(Br)cc4)n[nH]3)C[C@@H]2C)c1. The van der Waals surface area contributed by atoms with E-state index >= 15 is 0 Å². The summed E-state index contributed by atoms with van der Waals surface area (Å²) in [4.78, 5) is 17.3. The second kappa shape index (κ2) is 7.80. The van der Waals surface area contributed by atoms with Crippen LogP contribution in [-0.2, 0) is 0 Å². The van der Waals surface area contributed by atoms with E-state index in [2.05, 4.69) is 69.1 Å². The number of carbonyl (C=O) groups is 1. The number of H-pyrrole nitrogens is 1. The van der Waals surface area contributed by atoms with Crippen LogP contribution < -0.4 is 4.90 Å². The van der Waals surface area contributed by atoms with Crippen molar-refractivity contribution in [2.75, 3.05) is 24.5 Å². The summed E-state index contributed by atoms with van der Waals surface area (Å²) < 4.78 is 1.02. The smallest absolute Gasteiger partial charge is 0.272 e. The maximum atomic E-state index is 13.0. The van der Waals surface area contributed by atoms with Crippen LogP contribution in [0.1, 0.15) is 23.0 Å². The van der Waals surface area contributed by atoms with Crippen LogP contribution >= 0.6 is 15.9 Å². The fourth-order valence-corrected chi connectivity index (χ4v) is 3.97. The molecule has 1 N–H and O–H groups in total. The predicted molar refractivity (Wildman–Crippen MR) is 116 cm³/mol. The molecule has 1 aromatic heterocycles. The first-order chi connectivity index (χ1) is 13.5. The van der Waals surface area contributed by atoms with Crippen LogP contribution in [0, 0.1) is 6.92 Å². The standard InChI is InChI=1S/C22H23BrN4O/c1-15-4-3-5-19(12-15)27-11-10-26(14-16(27)2)22(28)21-13-20(24-25-21)17-6-8-18(23)9-7-17/h3-9,12-13,16H,10-11,14H2,1-2H3,(H,24,25)/t16-/m0/s1. The van der Waals surface area contributed by atoms with E-state index in [0.717, 1.165) is 22.3 Å². The summed E-state index contributed by atoms with van der Waals surface area (Å²) >= 11 is 3.44. The van der Waals surface area contributed by atoms with Crippen molar-refractivity contribution < 1.29 is 4.79 Å². The maximum Gasteiger partial charge on any atom is 0.272 e. The Kier molecular flexibility index (Phi) is 5.22. The van der Waals surface area contributed by atoms with Crippen molar-refractivity contribution in [2.45, 2.75) is 19.9 Å². The number of nitrogens with zero attached hydrogens (tertiary/aromatic N) is 3. The highest BCUT2D eigenvalue weighted by atomic mass is 79.9. The first-order valence-electron chi connectivity index (χ1n) is 9.45. The van der Waals surface area contributed by atoms with Crippen molar-refractivity contribution in [3.05, 3.63) is 70.3 Å². The summed E-state index contributed by atoms with van der Waals surface area (Å²) in [5.41, 5.74) is 4.77. The third-order valence-electron chi connectivity index (χ3n) is 5.20. The number of nitrogens with one attached hydrogen (secondary N) is 1. The molecule has 6 heteroatoms. The predicted octanol–water partition coefficient (Wildman–Crippen LogP) is 4.50. The number of benzene rings is 2. The Labute approximate surface area is 173 Å². The first-order valence-corrected chi connectivity index (χ1v) is 10.2. The van der Waals surface area contributed by atoms with Crippen LogP contribution in [-0.4, -0.2) is 46.7 Å². The molecule has 1 aliphatic rings. The number of hydrogen-bond acceptors (Lipinski definition) is 3. The quantitative estimate of drug-likeness (QED) is 0.654. The van der Waals surface area contributed by atoms with Crippen molar-refractivity contribution in [3.8, 4) is 11.3 Å². The fraction of sp³-hybridized carbons (Fsp3) is 0.273. The third kappa shape index (κ3) is 3.83. The first kappa shape index (κ1) is 18.7.